The zero-order chi connectivity index (χ0) is 19.7. The van der Waals surface area contributed by atoms with Crippen LogP contribution >= 0.6 is 11.6 Å². The van der Waals surface area contributed by atoms with Gasteiger partial charge in [-0.2, -0.15) is 0 Å². The maximum Gasteiger partial charge on any atom is 0.254 e. The lowest BCUT2D eigenvalue weighted by atomic mass is 10.0. The number of rotatable bonds is 3. The molecule has 2 N–H and O–H groups in total. The fourth-order valence-corrected chi connectivity index (χ4v) is 3.96. The van der Waals surface area contributed by atoms with Gasteiger partial charge in [-0.15, -0.1) is 0 Å². The minimum Gasteiger partial charge on any atom is -0.336 e. The molecule has 0 aliphatic carbocycles. The number of nitrogens with zero attached hydrogens (tertiary/aromatic N) is 2. The van der Waals surface area contributed by atoms with E-state index in [4.69, 9.17) is 11.6 Å². The Balaban J connectivity index is 1.32. The molecule has 2 atom stereocenters. The number of piperazine rings is 1. The summed E-state index contributed by atoms with van der Waals surface area (Å²) in [5.74, 6) is -0.436. The van der Waals surface area contributed by atoms with E-state index in [2.05, 4.69) is 15.8 Å². The number of benzene rings is 2. The Morgan fingerprint density at radius 1 is 1.07 bits per heavy atom. The van der Waals surface area contributed by atoms with Crippen molar-refractivity contribution in [1.82, 2.24) is 20.7 Å². The summed E-state index contributed by atoms with van der Waals surface area (Å²) in [5, 5.41) is 0.737. The minimum atomic E-state index is -0.334. The second kappa shape index (κ2) is 8.17. The SMILES string of the molecule is Cc1ccc(C(=O)N2CCN(C3CC(c4ccc(Cl)cc4)NN3)CC2)cc1F. The van der Waals surface area contributed by atoms with Gasteiger partial charge in [0.05, 0.1) is 6.17 Å². The molecule has 2 saturated heterocycles. The van der Waals surface area contributed by atoms with Gasteiger partial charge < -0.3 is 4.90 Å². The third-order valence-corrected chi connectivity index (χ3v) is 5.87. The van der Waals surface area contributed by atoms with E-state index in [9.17, 15) is 9.18 Å². The normalized spacial score (nSPS) is 23.2. The second-order valence-corrected chi connectivity index (χ2v) is 7.87. The van der Waals surface area contributed by atoms with E-state index in [1.807, 2.05) is 24.3 Å². The van der Waals surface area contributed by atoms with Gasteiger partial charge in [-0.05, 0) is 48.7 Å². The van der Waals surface area contributed by atoms with Crippen LogP contribution in [0.3, 0.4) is 0 Å². The average molecular weight is 403 g/mol. The summed E-state index contributed by atoms with van der Waals surface area (Å²) in [6, 6.07) is 12.8. The summed E-state index contributed by atoms with van der Waals surface area (Å²) in [5.41, 5.74) is 8.90. The van der Waals surface area contributed by atoms with Crippen LogP contribution in [0.1, 0.15) is 33.9 Å². The van der Waals surface area contributed by atoms with Gasteiger partial charge in [0, 0.05) is 42.8 Å². The van der Waals surface area contributed by atoms with E-state index in [0.29, 0.717) is 24.2 Å². The fraction of sp³-hybridized carbons (Fsp3) is 0.381. The van der Waals surface area contributed by atoms with Crippen LogP contribution in [0.5, 0.6) is 0 Å². The summed E-state index contributed by atoms with van der Waals surface area (Å²) in [6.07, 6.45) is 1.16. The number of carbonyl (C=O) groups excluding carboxylic acids is 1. The molecule has 2 aromatic carbocycles. The first-order valence-electron chi connectivity index (χ1n) is 9.57. The highest BCUT2D eigenvalue weighted by atomic mass is 35.5. The Labute approximate surface area is 169 Å². The Morgan fingerprint density at radius 3 is 2.46 bits per heavy atom. The number of hydrogen-bond donors (Lipinski definition) is 2. The number of nitrogens with one attached hydrogen (secondary N) is 2. The molecule has 2 unspecified atom stereocenters. The number of carbonyl (C=O) groups is 1. The molecule has 0 aromatic heterocycles. The molecule has 0 radical (unpaired) electrons. The molecule has 2 aromatic rings. The van der Waals surface area contributed by atoms with E-state index in [1.165, 1.54) is 11.6 Å². The Bertz CT molecular complexity index is 852. The molecule has 0 spiro atoms. The quantitative estimate of drug-likeness (QED) is 0.828. The summed E-state index contributed by atoms with van der Waals surface area (Å²) in [4.78, 5) is 16.8. The van der Waals surface area contributed by atoms with Crippen molar-refractivity contribution < 1.29 is 9.18 Å². The molecule has 2 aliphatic heterocycles. The van der Waals surface area contributed by atoms with Gasteiger partial charge in [-0.25, -0.2) is 15.2 Å². The topological polar surface area (TPSA) is 47.6 Å². The molecule has 2 aliphatic rings. The highest BCUT2D eigenvalue weighted by Gasteiger charge is 2.32. The van der Waals surface area contributed by atoms with Crippen LogP contribution in [0.25, 0.3) is 0 Å². The van der Waals surface area contributed by atoms with Gasteiger partial charge in [0.25, 0.3) is 5.91 Å². The average Bonchev–Trinajstić information content (AvgIpc) is 3.20. The van der Waals surface area contributed by atoms with Crippen LogP contribution in [0, 0.1) is 12.7 Å². The zero-order valence-electron chi connectivity index (χ0n) is 15.8. The zero-order valence-corrected chi connectivity index (χ0v) is 16.5. The van der Waals surface area contributed by atoms with Crippen molar-refractivity contribution >= 4 is 17.5 Å². The third kappa shape index (κ3) is 4.05. The molecule has 7 heteroatoms. The summed E-state index contributed by atoms with van der Waals surface area (Å²) >= 11 is 5.97. The molecular formula is C21H24ClFN4O. The first kappa shape index (κ1) is 19.3. The number of hydrogen-bond acceptors (Lipinski definition) is 4. The maximum atomic E-state index is 13.8. The second-order valence-electron chi connectivity index (χ2n) is 7.44. The standard InChI is InChI=1S/C21H24ClFN4O/c1-14-2-3-16(12-18(14)23)21(28)27-10-8-26(9-11-27)20-13-19(24-25-20)15-4-6-17(22)7-5-15/h2-7,12,19-20,24-25H,8-11,13H2,1H3. The Kier molecular flexibility index (Phi) is 5.64. The molecular weight excluding hydrogens is 379 g/mol. The van der Waals surface area contributed by atoms with Gasteiger partial charge in [-0.1, -0.05) is 29.8 Å². The van der Waals surface area contributed by atoms with Crippen LogP contribution in [0.15, 0.2) is 42.5 Å². The van der Waals surface area contributed by atoms with Gasteiger partial charge in [0.15, 0.2) is 0 Å². The Morgan fingerprint density at radius 2 is 1.79 bits per heavy atom. The first-order chi connectivity index (χ1) is 13.5. The number of hydrazine groups is 1. The summed E-state index contributed by atoms with van der Waals surface area (Å²) in [6.45, 7) is 4.54. The number of aryl methyl sites for hydroxylation is 1. The van der Waals surface area contributed by atoms with Crippen LogP contribution in [-0.2, 0) is 0 Å². The van der Waals surface area contributed by atoms with Crippen molar-refractivity contribution in [3.05, 3.63) is 70.0 Å². The smallest absolute Gasteiger partial charge is 0.254 e. The van der Waals surface area contributed by atoms with E-state index < -0.39 is 0 Å². The molecule has 0 bridgehead atoms. The molecule has 2 heterocycles. The minimum absolute atomic E-state index is 0.102. The summed E-state index contributed by atoms with van der Waals surface area (Å²) < 4.78 is 13.8. The number of amides is 1. The van der Waals surface area contributed by atoms with E-state index in [1.54, 1.807) is 24.0 Å². The predicted molar refractivity (Wildman–Crippen MR) is 107 cm³/mol. The fourth-order valence-electron chi connectivity index (χ4n) is 3.84. The monoisotopic (exact) mass is 402 g/mol. The maximum absolute atomic E-state index is 13.8. The number of halogens is 2. The van der Waals surface area contributed by atoms with Crippen molar-refractivity contribution in [1.29, 1.82) is 0 Å². The Hall–Kier alpha value is -1.99. The lowest BCUT2D eigenvalue weighted by molar-refractivity contribution is 0.0544. The molecule has 28 heavy (non-hydrogen) atoms. The first-order valence-corrected chi connectivity index (χ1v) is 9.95. The van der Waals surface area contributed by atoms with Gasteiger partial charge in [0.1, 0.15) is 5.82 Å². The highest BCUT2D eigenvalue weighted by molar-refractivity contribution is 6.30. The largest absolute Gasteiger partial charge is 0.336 e. The molecule has 148 valence electrons. The van der Waals surface area contributed by atoms with E-state index in [-0.39, 0.29) is 23.9 Å². The lowest BCUT2D eigenvalue weighted by Gasteiger charge is -2.37. The van der Waals surface area contributed by atoms with Crippen molar-refractivity contribution in [2.45, 2.75) is 25.6 Å². The van der Waals surface area contributed by atoms with E-state index in [0.717, 1.165) is 24.5 Å². The van der Waals surface area contributed by atoms with Crippen LogP contribution in [-0.4, -0.2) is 48.1 Å². The molecule has 0 saturated carbocycles. The van der Waals surface area contributed by atoms with Crippen molar-refractivity contribution in [3.63, 3.8) is 0 Å². The van der Waals surface area contributed by atoms with Crippen LogP contribution in [0.2, 0.25) is 5.02 Å². The van der Waals surface area contributed by atoms with Crippen LogP contribution < -0.4 is 10.9 Å². The molecule has 4 rings (SSSR count). The van der Waals surface area contributed by atoms with Gasteiger partial charge in [0.2, 0.25) is 0 Å². The van der Waals surface area contributed by atoms with Gasteiger partial charge in [-0.3, -0.25) is 9.69 Å². The van der Waals surface area contributed by atoms with E-state index >= 15 is 0 Å². The van der Waals surface area contributed by atoms with Crippen molar-refractivity contribution in [2.24, 2.45) is 0 Å². The van der Waals surface area contributed by atoms with Gasteiger partial charge >= 0.3 is 0 Å². The lowest BCUT2D eigenvalue weighted by Crippen LogP contribution is -2.55. The highest BCUT2D eigenvalue weighted by Crippen LogP contribution is 2.25. The predicted octanol–water partition coefficient (Wildman–Crippen LogP) is 3.11. The van der Waals surface area contributed by atoms with Crippen molar-refractivity contribution in [2.75, 3.05) is 26.2 Å². The molecule has 5 nitrogen and oxygen atoms in total. The summed E-state index contributed by atoms with van der Waals surface area (Å²) in [7, 11) is 0. The molecule has 1 amide bonds. The van der Waals surface area contributed by atoms with Crippen molar-refractivity contribution in [3.8, 4) is 0 Å². The molecule has 2 fully saturated rings. The third-order valence-electron chi connectivity index (χ3n) is 5.62. The van der Waals surface area contributed by atoms with Crippen LogP contribution in [0.4, 0.5) is 4.39 Å².